The van der Waals surface area contributed by atoms with Crippen LogP contribution >= 0.6 is 0 Å². The maximum Gasteiger partial charge on any atom is 2.00 e. The molecule has 0 spiro atoms. The normalized spacial score (nSPS) is 3.36. The molecule has 2 N–H and O–H groups in total. The van der Waals surface area contributed by atoms with E-state index in [1.807, 2.05) is 0 Å². The number of carbonyl (C=O) groups is 1. The standard InChI is InChI=1S/C2H4O3.CO2.CH3O.2Mg.2H2O/c1-5-2(3)4;2-1-3;1-2;;;;/h1H3,(H,3,4);;1H3;;;2*1H2/q;;-1;2*+2;;/p-3. The fourth-order valence-electron chi connectivity index (χ4n) is 0. The second-order valence-corrected chi connectivity index (χ2v) is 0.537. The van der Waals surface area contributed by atoms with Crippen LogP contribution in [0.2, 0.25) is 0 Å². The van der Waals surface area contributed by atoms with E-state index in [1.54, 1.807) is 0 Å². The first-order chi connectivity index (χ1) is 4.68. The quantitative estimate of drug-likeness (QED) is 0.303. The van der Waals surface area contributed by atoms with Crippen molar-refractivity contribution < 1.29 is 40.3 Å². The van der Waals surface area contributed by atoms with E-state index in [1.165, 1.54) is 0 Å². The minimum atomic E-state index is -1.50. The molecular weight excluding hydrogens is 225 g/mol. The molecule has 0 amide bonds. The molecule has 0 aliphatic heterocycles. The van der Waals surface area contributed by atoms with Gasteiger partial charge in [0.1, 0.15) is 0 Å². The smallest absolute Gasteiger partial charge is 0.870 e. The van der Waals surface area contributed by atoms with Gasteiger partial charge < -0.3 is 30.7 Å². The molecule has 8 nitrogen and oxygen atoms in total. The number of ether oxygens (including phenoxy) is 1. The molecule has 0 fully saturated rings. The largest absolute Gasteiger partial charge is 2.00 e. The molecule has 0 aliphatic rings. The predicted octanol–water partition coefficient (Wildman–Crippen LogP) is -3.75. The molecule has 10 heteroatoms. The van der Waals surface area contributed by atoms with Crippen LogP contribution in [0.15, 0.2) is 0 Å². The summed E-state index contributed by atoms with van der Waals surface area (Å²) in [5.74, 6) is 0. The molecular formula is C4H8Mg2O8. The Kier molecular flexibility index (Phi) is 255. The Labute approximate surface area is 113 Å². The van der Waals surface area contributed by atoms with E-state index in [9.17, 15) is 0 Å². The van der Waals surface area contributed by atoms with Crippen LogP contribution in [0, 0.1) is 0 Å². The average molecular weight is 233 g/mol. The Morgan fingerprint density at radius 1 is 1.14 bits per heavy atom. The van der Waals surface area contributed by atoms with Crippen molar-refractivity contribution in [2.45, 2.75) is 0 Å². The van der Waals surface area contributed by atoms with Crippen LogP contribution in [0.4, 0.5) is 4.79 Å². The SMILES string of the molecule is COC(=O)[O-].C[O-].O=C=O.[Mg+2].[Mg+2].[OH-].[OH-]. The Bertz CT molecular complexity index is 102. The third kappa shape index (κ3) is 347. The summed E-state index contributed by atoms with van der Waals surface area (Å²) >= 11 is 0. The van der Waals surface area contributed by atoms with E-state index in [2.05, 4.69) is 4.74 Å². The summed E-state index contributed by atoms with van der Waals surface area (Å²) in [5.41, 5.74) is 0. The van der Waals surface area contributed by atoms with Crippen LogP contribution < -0.4 is 10.2 Å². The van der Waals surface area contributed by atoms with Gasteiger partial charge in [-0.25, -0.2) is 0 Å². The molecule has 0 aliphatic carbocycles. The minimum absolute atomic E-state index is 0. The molecule has 0 radical (unpaired) electrons. The zero-order valence-corrected chi connectivity index (χ0v) is 10.6. The number of methoxy groups -OCH3 is 1. The van der Waals surface area contributed by atoms with Crippen molar-refractivity contribution in [1.29, 1.82) is 0 Å². The predicted molar refractivity (Wildman–Crippen MR) is 38.7 cm³/mol. The van der Waals surface area contributed by atoms with Crippen LogP contribution in [0.25, 0.3) is 0 Å². The molecule has 0 aromatic carbocycles. The molecule has 0 saturated carbocycles. The van der Waals surface area contributed by atoms with Crippen LogP contribution in [-0.4, -0.2) is 83.6 Å². The maximum absolute atomic E-state index is 9.03. The zero-order chi connectivity index (χ0) is 8.99. The van der Waals surface area contributed by atoms with Crippen molar-refractivity contribution >= 4 is 58.4 Å². The van der Waals surface area contributed by atoms with Gasteiger partial charge in [0.15, 0.2) is 0 Å². The summed E-state index contributed by atoms with van der Waals surface area (Å²) in [6.45, 7) is 0. The van der Waals surface area contributed by atoms with Crippen LogP contribution in [-0.2, 0) is 14.3 Å². The van der Waals surface area contributed by atoms with Gasteiger partial charge in [-0.05, 0) is 0 Å². The van der Waals surface area contributed by atoms with Crippen LogP contribution in [0.5, 0.6) is 0 Å². The third-order valence-corrected chi connectivity index (χ3v) is 0.167. The Morgan fingerprint density at radius 2 is 1.21 bits per heavy atom. The molecule has 0 unspecified atom stereocenters. The van der Waals surface area contributed by atoms with Crippen molar-refractivity contribution in [1.82, 2.24) is 0 Å². The van der Waals surface area contributed by atoms with Gasteiger partial charge in [-0.2, -0.15) is 16.7 Å². The van der Waals surface area contributed by atoms with Gasteiger partial charge in [-0.1, -0.05) is 0 Å². The number of rotatable bonds is 0. The number of hydrogen-bond donors (Lipinski definition) is 0. The van der Waals surface area contributed by atoms with Crippen molar-refractivity contribution in [3.8, 4) is 0 Å². The van der Waals surface area contributed by atoms with Gasteiger partial charge in [0, 0.05) is 7.11 Å². The van der Waals surface area contributed by atoms with Gasteiger partial charge in [0.2, 0.25) is 0 Å². The van der Waals surface area contributed by atoms with Crippen molar-refractivity contribution in [3.05, 3.63) is 0 Å². The van der Waals surface area contributed by atoms with Crippen LogP contribution in [0.1, 0.15) is 0 Å². The first-order valence-electron chi connectivity index (χ1n) is 1.84. The zero-order valence-electron chi connectivity index (χ0n) is 7.76. The van der Waals surface area contributed by atoms with E-state index in [0.717, 1.165) is 14.2 Å². The van der Waals surface area contributed by atoms with E-state index in [4.69, 9.17) is 24.6 Å². The van der Waals surface area contributed by atoms with Gasteiger partial charge in [0.05, 0.1) is 0 Å². The molecule has 0 heterocycles. The monoisotopic (exact) mass is 232 g/mol. The summed E-state index contributed by atoms with van der Waals surface area (Å²) in [7, 11) is 1.79. The molecule has 14 heavy (non-hydrogen) atoms. The molecule has 0 aromatic rings. The second-order valence-electron chi connectivity index (χ2n) is 0.537. The van der Waals surface area contributed by atoms with E-state index >= 15 is 0 Å². The van der Waals surface area contributed by atoms with Gasteiger partial charge in [-0.15, -0.1) is 0 Å². The first-order valence-corrected chi connectivity index (χ1v) is 1.84. The Morgan fingerprint density at radius 3 is 1.21 bits per heavy atom. The number of hydrogen-bond acceptors (Lipinski definition) is 8. The first kappa shape index (κ1) is 48.1. The minimum Gasteiger partial charge on any atom is -0.870 e. The fraction of sp³-hybridized carbons (Fsp3) is 0.500. The van der Waals surface area contributed by atoms with Gasteiger partial charge >= 0.3 is 52.3 Å². The Hall–Kier alpha value is 0.0625. The fourth-order valence-corrected chi connectivity index (χ4v) is 0. The molecule has 0 saturated heterocycles. The van der Waals surface area contributed by atoms with E-state index in [-0.39, 0.29) is 63.2 Å². The van der Waals surface area contributed by atoms with Gasteiger partial charge in [-0.3, -0.25) is 0 Å². The summed E-state index contributed by atoms with van der Waals surface area (Å²) < 4.78 is 3.56. The van der Waals surface area contributed by atoms with Crippen molar-refractivity contribution in [2.75, 3.05) is 14.2 Å². The van der Waals surface area contributed by atoms with E-state index < -0.39 is 6.16 Å². The topological polar surface area (TPSA) is 167 Å². The van der Waals surface area contributed by atoms with Crippen molar-refractivity contribution in [2.24, 2.45) is 0 Å². The third-order valence-electron chi connectivity index (χ3n) is 0.167. The number of carboxylic acid groups (broad SMARTS) is 1. The summed E-state index contributed by atoms with van der Waals surface area (Å²) in [4.78, 5) is 25.3. The summed E-state index contributed by atoms with van der Waals surface area (Å²) in [5, 5.41) is 17.3. The molecule has 0 bridgehead atoms. The summed E-state index contributed by atoms with van der Waals surface area (Å²) in [6, 6.07) is 0. The second kappa shape index (κ2) is 74.2. The molecule has 0 atom stereocenters. The Balaban J connectivity index is -0.00000000993. The molecule has 0 rings (SSSR count). The average Bonchev–Trinajstić information content (AvgIpc) is 1.94. The molecule has 76 valence electrons. The van der Waals surface area contributed by atoms with Gasteiger partial charge in [0.25, 0.3) is 6.16 Å². The van der Waals surface area contributed by atoms with Crippen LogP contribution in [0.3, 0.4) is 0 Å². The summed E-state index contributed by atoms with van der Waals surface area (Å²) in [6.07, 6.45) is -1.25. The number of carbonyl (C=O) groups excluding carboxylic acids is 3. The van der Waals surface area contributed by atoms with E-state index in [0.29, 0.717) is 0 Å². The van der Waals surface area contributed by atoms with Crippen molar-refractivity contribution in [3.63, 3.8) is 0 Å². The maximum atomic E-state index is 9.03. The molecule has 0 aromatic heterocycles.